The monoisotopic (exact) mass is 388 g/mol. The molecular weight excluding hydrogens is 368 g/mol. The molecule has 0 radical (unpaired) electrons. The smallest absolute Gasteiger partial charge is 0.341 e. The number of benzene rings is 2. The van der Waals surface area contributed by atoms with E-state index >= 15 is 0 Å². The molecule has 0 atom stereocenters. The third-order valence-electron chi connectivity index (χ3n) is 4.59. The summed E-state index contributed by atoms with van der Waals surface area (Å²) < 4.78 is 6.61. The highest BCUT2D eigenvalue weighted by Gasteiger charge is 2.14. The van der Waals surface area contributed by atoms with Crippen molar-refractivity contribution in [2.75, 3.05) is 11.9 Å². The molecule has 7 heteroatoms. The topological polar surface area (TPSA) is 84.7 Å². The number of anilines is 1. The molecule has 2 amide bonds. The lowest BCUT2D eigenvalue weighted by Crippen LogP contribution is -2.28. The van der Waals surface area contributed by atoms with Crippen molar-refractivity contribution in [2.24, 2.45) is 0 Å². The Morgan fingerprint density at radius 1 is 1.10 bits per heavy atom. The average molecular weight is 388 g/mol. The second kappa shape index (κ2) is 8.02. The summed E-state index contributed by atoms with van der Waals surface area (Å²) in [6.07, 6.45) is 3.13. The van der Waals surface area contributed by atoms with E-state index in [0.29, 0.717) is 23.3 Å². The number of pyridine rings is 1. The van der Waals surface area contributed by atoms with Crippen molar-refractivity contribution in [2.45, 2.75) is 13.5 Å². The van der Waals surface area contributed by atoms with E-state index in [-0.39, 0.29) is 12.6 Å². The number of esters is 1. The quantitative estimate of drug-likeness (QED) is 0.507. The van der Waals surface area contributed by atoms with Gasteiger partial charge < -0.3 is 15.4 Å². The Balaban J connectivity index is 1.47. The standard InChI is InChI=1S/C22H20N4O3/c1-2-29-21(27)19-14-24-26-11-10-17(12-20(19)26)25-22(28)23-13-16-8-5-7-15-6-3-4-9-18(15)16/h3-12,14H,2,13H2,1H3,(H2,23,25,28). The summed E-state index contributed by atoms with van der Waals surface area (Å²) >= 11 is 0. The average Bonchev–Trinajstić information content (AvgIpc) is 3.16. The van der Waals surface area contributed by atoms with Gasteiger partial charge in [0.15, 0.2) is 0 Å². The molecule has 0 aliphatic carbocycles. The van der Waals surface area contributed by atoms with E-state index in [2.05, 4.69) is 15.7 Å². The highest BCUT2D eigenvalue weighted by molar-refractivity contribution is 5.98. The zero-order valence-corrected chi connectivity index (χ0v) is 15.9. The Kier molecular flexibility index (Phi) is 5.11. The van der Waals surface area contributed by atoms with Crippen LogP contribution in [0.4, 0.5) is 10.5 Å². The fourth-order valence-corrected chi connectivity index (χ4v) is 3.22. The number of hydrogen-bond donors (Lipinski definition) is 2. The molecule has 2 N–H and O–H groups in total. The summed E-state index contributed by atoms with van der Waals surface area (Å²) in [5, 5.41) is 12.0. The number of nitrogens with zero attached hydrogens (tertiary/aromatic N) is 2. The molecule has 0 bridgehead atoms. The van der Waals surface area contributed by atoms with Crippen LogP contribution in [0.25, 0.3) is 16.3 Å². The summed E-state index contributed by atoms with van der Waals surface area (Å²) in [4.78, 5) is 24.4. The summed E-state index contributed by atoms with van der Waals surface area (Å²) in [7, 11) is 0. The highest BCUT2D eigenvalue weighted by atomic mass is 16.5. The van der Waals surface area contributed by atoms with Gasteiger partial charge in [-0.15, -0.1) is 0 Å². The number of carbonyl (C=O) groups excluding carboxylic acids is 2. The van der Waals surface area contributed by atoms with Gasteiger partial charge in [0.05, 0.1) is 18.3 Å². The number of hydrogen-bond acceptors (Lipinski definition) is 4. The van der Waals surface area contributed by atoms with Crippen molar-refractivity contribution in [3.05, 3.63) is 78.1 Å². The third kappa shape index (κ3) is 3.89. The maximum atomic E-state index is 12.4. The Morgan fingerprint density at radius 3 is 2.79 bits per heavy atom. The van der Waals surface area contributed by atoms with E-state index in [4.69, 9.17) is 4.74 Å². The lowest BCUT2D eigenvalue weighted by molar-refractivity contribution is 0.0528. The Labute approximate surface area is 167 Å². The summed E-state index contributed by atoms with van der Waals surface area (Å²) in [6, 6.07) is 17.1. The molecule has 7 nitrogen and oxygen atoms in total. The SMILES string of the molecule is CCOC(=O)c1cnn2ccc(NC(=O)NCc3cccc4ccccc34)cc12. The van der Waals surface area contributed by atoms with Gasteiger partial charge in [-0.2, -0.15) is 5.10 Å². The van der Waals surface area contributed by atoms with Crippen LogP contribution in [-0.4, -0.2) is 28.2 Å². The summed E-state index contributed by atoms with van der Waals surface area (Å²) in [5.74, 6) is -0.444. The predicted molar refractivity (Wildman–Crippen MR) is 111 cm³/mol. The van der Waals surface area contributed by atoms with Crippen LogP contribution >= 0.6 is 0 Å². The molecule has 0 spiro atoms. The number of nitrogens with one attached hydrogen (secondary N) is 2. The fraction of sp³-hybridized carbons (Fsp3) is 0.136. The van der Waals surface area contributed by atoms with Crippen molar-refractivity contribution < 1.29 is 14.3 Å². The molecule has 4 aromatic rings. The van der Waals surface area contributed by atoms with Gasteiger partial charge in [-0.3, -0.25) is 0 Å². The largest absolute Gasteiger partial charge is 0.462 e. The molecule has 2 aromatic carbocycles. The number of carbonyl (C=O) groups is 2. The summed E-state index contributed by atoms with van der Waals surface area (Å²) in [5.41, 5.74) is 2.51. The van der Waals surface area contributed by atoms with Gasteiger partial charge in [-0.05, 0) is 35.4 Å². The number of amides is 2. The number of urea groups is 1. The third-order valence-corrected chi connectivity index (χ3v) is 4.59. The van der Waals surface area contributed by atoms with Crippen LogP contribution in [0.2, 0.25) is 0 Å². The molecule has 4 rings (SSSR count). The van der Waals surface area contributed by atoms with Gasteiger partial charge in [0.2, 0.25) is 0 Å². The number of rotatable bonds is 5. The van der Waals surface area contributed by atoms with Gasteiger partial charge in [-0.1, -0.05) is 42.5 Å². The van der Waals surface area contributed by atoms with E-state index < -0.39 is 5.97 Å². The molecule has 2 heterocycles. The van der Waals surface area contributed by atoms with Gasteiger partial charge in [0.1, 0.15) is 5.56 Å². The maximum Gasteiger partial charge on any atom is 0.341 e. The molecule has 0 saturated heterocycles. The predicted octanol–water partition coefficient (Wildman–Crippen LogP) is 3.99. The molecule has 0 fully saturated rings. The van der Waals surface area contributed by atoms with Crippen LogP contribution < -0.4 is 10.6 Å². The van der Waals surface area contributed by atoms with Gasteiger partial charge >= 0.3 is 12.0 Å². The van der Waals surface area contributed by atoms with E-state index in [1.807, 2.05) is 42.5 Å². The highest BCUT2D eigenvalue weighted by Crippen LogP contribution is 2.19. The summed E-state index contributed by atoms with van der Waals surface area (Å²) in [6.45, 7) is 2.43. The van der Waals surface area contributed by atoms with Crippen LogP contribution in [0.3, 0.4) is 0 Å². The molecule has 0 saturated carbocycles. The van der Waals surface area contributed by atoms with E-state index in [1.54, 1.807) is 29.8 Å². The molecule has 0 unspecified atom stereocenters. The van der Waals surface area contributed by atoms with Crippen LogP contribution in [0.5, 0.6) is 0 Å². The molecular formula is C22H20N4O3. The van der Waals surface area contributed by atoms with E-state index in [9.17, 15) is 9.59 Å². The second-order valence-corrected chi connectivity index (χ2v) is 6.47. The number of aromatic nitrogens is 2. The van der Waals surface area contributed by atoms with Crippen LogP contribution in [0.1, 0.15) is 22.8 Å². The minimum absolute atomic E-state index is 0.282. The van der Waals surface area contributed by atoms with Crippen LogP contribution in [0.15, 0.2) is 67.0 Å². The molecule has 2 aromatic heterocycles. The first-order valence-electron chi connectivity index (χ1n) is 9.31. The Morgan fingerprint density at radius 2 is 1.93 bits per heavy atom. The normalized spacial score (nSPS) is 10.8. The first kappa shape index (κ1) is 18.5. The fourth-order valence-electron chi connectivity index (χ4n) is 3.22. The Bertz CT molecular complexity index is 1190. The van der Waals surface area contributed by atoms with Gasteiger partial charge in [0.25, 0.3) is 0 Å². The maximum absolute atomic E-state index is 12.4. The zero-order chi connectivity index (χ0) is 20.2. The molecule has 0 aliphatic heterocycles. The van der Waals surface area contributed by atoms with Crippen molar-refractivity contribution in [1.82, 2.24) is 14.9 Å². The minimum atomic E-state index is -0.444. The molecule has 29 heavy (non-hydrogen) atoms. The van der Waals surface area contributed by atoms with Crippen molar-refractivity contribution in [3.8, 4) is 0 Å². The van der Waals surface area contributed by atoms with Crippen molar-refractivity contribution in [1.29, 1.82) is 0 Å². The van der Waals surface area contributed by atoms with Crippen molar-refractivity contribution >= 4 is 34.0 Å². The number of ether oxygens (including phenoxy) is 1. The lowest BCUT2D eigenvalue weighted by Gasteiger charge is -2.10. The van der Waals surface area contributed by atoms with E-state index in [0.717, 1.165) is 16.3 Å². The van der Waals surface area contributed by atoms with E-state index in [1.165, 1.54) is 6.20 Å². The molecule has 0 aliphatic rings. The van der Waals surface area contributed by atoms with Crippen LogP contribution in [-0.2, 0) is 11.3 Å². The van der Waals surface area contributed by atoms with Gasteiger partial charge in [-0.25, -0.2) is 14.1 Å². The lowest BCUT2D eigenvalue weighted by atomic mass is 10.0. The first-order valence-corrected chi connectivity index (χ1v) is 9.31. The van der Waals surface area contributed by atoms with Crippen molar-refractivity contribution in [3.63, 3.8) is 0 Å². The second-order valence-electron chi connectivity index (χ2n) is 6.47. The number of fused-ring (bicyclic) bond motifs is 2. The molecule has 146 valence electrons. The van der Waals surface area contributed by atoms with Gasteiger partial charge in [0, 0.05) is 18.4 Å². The first-order chi connectivity index (χ1) is 14.2. The van der Waals surface area contributed by atoms with Crippen LogP contribution in [0, 0.1) is 0 Å². The minimum Gasteiger partial charge on any atom is -0.462 e. The zero-order valence-electron chi connectivity index (χ0n) is 15.9. The Hall–Kier alpha value is -3.87.